The van der Waals surface area contributed by atoms with Gasteiger partial charge >= 0.3 is 5.97 Å². The van der Waals surface area contributed by atoms with Gasteiger partial charge in [0.2, 0.25) is 0 Å². The number of esters is 1. The Hall–Kier alpha value is -1.08. The molecule has 4 heteroatoms. The zero-order valence-corrected chi connectivity index (χ0v) is 9.04. The fourth-order valence-corrected chi connectivity index (χ4v) is 1.14. The molecule has 1 unspecified atom stereocenters. The van der Waals surface area contributed by atoms with E-state index < -0.39 is 0 Å². The maximum absolute atomic E-state index is 11.3. The lowest BCUT2D eigenvalue weighted by atomic mass is 10.0. The first kappa shape index (κ1) is 12.9. The van der Waals surface area contributed by atoms with Crippen molar-refractivity contribution in [2.45, 2.75) is 32.7 Å². The normalized spacial score (nSPS) is 12.2. The largest absolute Gasteiger partial charge is 0.468 e. The molecule has 0 amide bonds. The Bertz CT molecular complexity index is 209. The van der Waals surface area contributed by atoms with Gasteiger partial charge in [-0.3, -0.25) is 4.79 Å². The van der Waals surface area contributed by atoms with Gasteiger partial charge in [0.1, 0.15) is 6.04 Å². The average molecular weight is 198 g/mol. The number of methoxy groups -OCH3 is 1. The fraction of sp³-hybridized carbons (Fsp3) is 0.800. The minimum atomic E-state index is -0.265. The summed E-state index contributed by atoms with van der Waals surface area (Å²) < 4.78 is 4.66. The second-order valence-electron chi connectivity index (χ2n) is 3.46. The first-order valence-corrected chi connectivity index (χ1v) is 4.81. The van der Waals surface area contributed by atoms with E-state index in [0.717, 1.165) is 6.42 Å². The van der Waals surface area contributed by atoms with Crippen molar-refractivity contribution in [3.05, 3.63) is 0 Å². The van der Waals surface area contributed by atoms with E-state index in [1.807, 2.05) is 13.8 Å². The van der Waals surface area contributed by atoms with Crippen molar-refractivity contribution in [1.29, 1.82) is 5.26 Å². The molecular formula is C10H18N2O2. The van der Waals surface area contributed by atoms with Gasteiger partial charge in [-0.1, -0.05) is 13.8 Å². The number of hydrogen-bond acceptors (Lipinski definition) is 4. The highest BCUT2D eigenvalue weighted by molar-refractivity contribution is 5.75. The summed E-state index contributed by atoms with van der Waals surface area (Å²) in [5.74, 6) is -0.0403. The van der Waals surface area contributed by atoms with Gasteiger partial charge in [0.25, 0.3) is 0 Å². The van der Waals surface area contributed by atoms with E-state index in [9.17, 15) is 4.79 Å². The molecule has 1 N–H and O–H groups in total. The predicted octanol–water partition coefficient (Wildman–Crippen LogP) is 1.08. The molecule has 0 radical (unpaired) electrons. The number of carbonyl (C=O) groups is 1. The Morgan fingerprint density at radius 2 is 2.21 bits per heavy atom. The van der Waals surface area contributed by atoms with Crippen LogP contribution in [0.3, 0.4) is 0 Å². The van der Waals surface area contributed by atoms with Crippen LogP contribution in [0.1, 0.15) is 26.7 Å². The van der Waals surface area contributed by atoms with Crippen LogP contribution in [0, 0.1) is 17.2 Å². The van der Waals surface area contributed by atoms with Gasteiger partial charge in [-0.25, -0.2) is 0 Å². The zero-order chi connectivity index (χ0) is 11.0. The minimum Gasteiger partial charge on any atom is -0.468 e. The third-order valence-corrected chi connectivity index (χ3v) is 1.95. The number of nitrogens with zero attached hydrogens (tertiary/aromatic N) is 1. The Morgan fingerprint density at radius 1 is 1.57 bits per heavy atom. The molecule has 0 aromatic heterocycles. The molecule has 0 saturated carbocycles. The maximum Gasteiger partial charge on any atom is 0.323 e. The molecule has 0 saturated heterocycles. The zero-order valence-electron chi connectivity index (χ0n) is 9.04. The van der Waals surface area contributed by atoms with Crippen molar-refractivity contribution in [2.75, 3.05) is 13.7 Å². The van der Waals surface area contributed by atoms with E-state index in [4.69, 9.17) is 5.26 Å². The molecule has 0 heterocycles. The third-order valence-electron chi connectivity index (χ3n) is 1.95. The number of carbonyl (C=O) groups excluding carboxylic acids is 1. The molecule has 0 aliphatic rings. The third kappa shape index (κ3) is 4.83. The summed E-state index contributed by atoms with van der Waals surface area (Å²) in [5.41, 5.74) is 0. The summed E-state index contributed by atoms with van der Waals surface area (Å²) in [6.45, 7) is 4.59. The number of hydrogen-bond donors (Lipinski definition) is 1. The van der Waals surface area contributed by atoms with Gasteiger partial charge in [0, 0.05) is 6.42 Å². The number of rotatable bonds is 6. The summed E-state index contributed by atoms with van der Waals surface area (Å²) in [5, 5.41) is 11.4. The highest BCUT2D eigenvalue weighted by atomic mass is 16.5. The number of nitriles is 1. The van der Waals surface area contributed by atoms with Crippen LogP contribution in [0.25, 0.3) is 0 Å². The summed E-state index contributed by atoms with van der Waals surface area (Å²) in [4.78, 5) is 11.3. The van der Waals surface area contributed by atoms with E-state index in [1.54, 1.807) is 0 Å². The average Bonchev–Trinajstić information content (AvgIpc) is 2.16. The molecule has 0 aromatic carbocycles. The smallest absolute Gasteiger partial charge is 0.323 e. The Labute approximate surface area is 85.2 Å². The van der Waals surface area contributed by atoms with E-state index in [0.29, 0.717) is 13.0 Å². The van der Waals surface area contributed by atoms with Crippen molar-refractivity contribution < 1.29 is 9.53 Å². The quantitative estimate of drug-likeness (QED) is 0.512. The lowest BCUT2D eigenvalue weighted by Gasteiger charge is -2.19. The van der Waals surface area contributed by atoms with E-state index in [1.165, 1.54) is 7.11 Å². The van der Waals surface area contributed by atoms with Crippen LogP contribution in [-0.2, 0) is 9.53 Å². The molecule has 0 aromatic rings. The van der Waals surface area contributed by atoms with Crippen LogP contribution in [0.15, 0.2) is 0 Å². The van der Waals surface area contributed by atoms with Gasteiger partial charge < -0.3 is 10.1 Å². The molecular weight excluding hydrogens is 180 g/mol. The lowest BCUT2D eigenvalue weighted by Crippen LogP contribution is -2.42. The highest BCUT2D eigenvalue weighted by Crippen LogP contribution is 2.03. The van der Waals surface area contributed by atoms with Crippen molar-refractivity contribution in [1.82, 2.24) is 5.32 Å². The van der Waals surface area contributed by atoms with Gasteiger partial charge in [0.05, 0.1) is 13.2 Å². The molecule has 0 aliphatic heterocycles. The molecule has 4 nitrogen and oxygen atoms in total. The molecule has 1 atom stereocenters. The van der Waals surface area contributed by atoms with Crippen LogP contribution < -0.4 is 5.32 Å². The maximum atomic E-state index is 11.3. The van der Waals surface area contributed by atoms with Crippen molar-refractivity contribution in [3.8, 4) is 6.07 Å². The fourth-order valence-electron chi connectivity index (χ4n) is 1.14. The van der Waals surface area contributed by atoms with Crippen LogP contribution in [0.5, 0.6) is 0 Å². The highest BCUT2D eigenvalue weighted by Gasteiger charge is 2.21. The van der Waals surface area contributed by atoms with Gasteiger partial charge in [0.15, 0.2) is 0 Å². The SMILES string of the molecule is COC(=O)C(NCCCC#N)C(C)C. The van der Waals surface area contributed by atoms with Crippen molar-refractivity contribution in [3.63, 3.8) is 0 Å². The molecule has 0 spiro atoms. The van der Waals surface area contributed by atoms with Crippen LogP contribution in [-0.4, -0.2) is 25.7 Å². The number of nitrogens with one attached hydrogen (secondary N) is 1. The molecule has 0 aliphatic carbocycles. The number of unbranched alkanes of at least 4 members (excludes halogenated alkanes) is 1. The van der Waals surface area contributed by atoms with Crippen LogP contribution in [0.2, 0.25) is 0 Å². The van der Waals surface area contributed by atoms with Crippen molar-refractivity contribution >= 4 is 5.97 Å². The molecule has 80 valence electrons. The predicted molar refractivity (Wildman–Crippen MR) is 53.5 cm³/mol. The first-order chi connectivity index (χ1) is 6.63. The second kappa shape index (κ2) is 7.34. The van der Waals surface area contributed by atoms with Gasteiger partial charge in [-0.15, -0.1) is 0 Å². The molecule has 0 bridgehead atoms. The topological polar surface area (TPSA) is 62.1 Å². The minimum absolute atomic E-state index is 0.199. The first-order valence-electron chi connectivity index (χ1n) is 4.81. The van der Waals surface area contributed by atoms with Gasteiger partial charge in [-0.05, 0) is 18.9 Å². The Kier molecular flexibility index (Phi) is 6.77. The molecule has 0 rings (SSSR count). The second-order valence-corrected chi connectivity index (χ2v) is 3.46. The lowest BCUT2D eigenvalue weighted by molar-refractivity contribution is -0.144. The summed E-state index contributed by atoms with van der Waals surface area (Å²) in [6, 6.07) is 1.79. The standard InChI is InChI=1S/C10H18N2O2/c1-8(2)9(10(13)14-3)12-7-5-4-6-11/h8-9,12H,4-5,7H2,1-3H3. The van der Waals surface area contributed by atoms with E-state index >= 15 is 0 Å². The monoisotopic (exact) mass is 198 g/mol. The van der Waals surface area contributed by atoms with E-state index in [-0.39, 0.29) is 17.9 Å². The van der Waals surface area contributed by atoms with Crippen LogP contribution >= 0.6 is 0 Å². The Morgan fingerprint density at radius 3 is 2.64 bits per heavy atom. The summed E-state index contributed by atoms with van der Waals surface area (Å²) in [7, 11) is 1.38. The molecule has 0 fully saturated rings. The summed E-state index contributed by atoms with van der Waals surface area (Å²) >= 11 is 0. The van der Waals surface area contributed by atoms with E-state index in [2.05, 4.69) is 16.1 Å². The van der Waals surface area contributed by atoms with Crippen LogP contribution in [0.4, 0.5) is 0 Å². The number of ether oxygens (including phenoxy) is 1. The summed E-state index contributed by atoms with van der Waals surface area (Å²) in [6.07, 6.45) is 1.27. The Balaban J connectivity index is 3.87. The van der Waals surface area contributed by atoms with Gasteiger partial charge in [-0.2, -0.15) is 5.26 Å². The van der Waals surface area contributed by atoms with Crippen molar-refractivity contribution in [2.24, 2.45) is 5.92 Å². The molecule has 14 heavy (non-hydrogen) atoms.